The molecule has 18 heavy (non-hydrogen) atoms. The highest BCUT2D eigenvalue weighted by molar-refractivity contribution is 5.67. The average Bonchev–Trinajstić information content (AvgIpc) is 2.24. The second kappa shape index (κ2) is 5.80. The fourth-order valence-electron chi connectivity index (χ4n) is 1.46. The van der Waals surface area contributed by atoms with Gasteiger partial charge in [0.25, 0.3) is 0 Å². The van der Waals surface area contributed by atoms with Gasteiger partial charge < -0.3 is 10.1 Å². The average molecular weight is 251 g/mol. The molecule has 0 aromatic carbocycles. The number of aromatic nitrogens is 2. The van der Waals surface area contributed by atoms with E-state index in [1.54, 1.807) is 6.20 Å². The van der Waals surface area contributed by atoms with Crippen molar-refractivity contribution in [3.8, 4) is 0 Å². The molecule has 0 saturated carbocycles. The van der Waals surface area contributed by atoms with Crippen LogP contribution in [-0.2, 0) is 17.7 Å². The summed E-state index contributed by atoms with van der Waals surface area (Å²) in [5.74, 6) is 0.702. The summed E-state index contributed by atoms with van der Waals surface area (Å²) in [6.45, 7) is 9.72. The van der Waals surface area contributed by atoms with Gasteiger partial charge in [-0.15, -0.1) is 0 Å². The van der Waals surface area contributed by atoms with Crippen LogP contribution >= 0.6 is 0 Å². The molecule has 0 aliphatic heterocycles. The molecular weight excluding hydrogens is 230 g/mol. The van der Waals surface area contributed by atoms with Gasteiger partial charge >= 0.3 is 6.09 Å². The van der Waals surface area contributed by atoms with Crippen molar-refractivity contribution < 1.29 is 9.53 Å². The molecule has 0 fully saturated rings. The molecule has 1 heterocycles. The first kappa shape index (κ1) is 14.4. The largest absolute Gasteiger partial charge is 0.444 e. The smallest absolute Gasteiger partial charge is 0.407 e. The fourth-order valence-corrected chi connectivity index (χ4v) is 1.46. The Labute approximate surface area is 108 Å². The van der Waals surface area contributed by atoms with Crippen LogP contribution in [0.2, 0.25) is 0 Å². The second-order valence-electron chi connectivity index (χ2n) is 5.10. The van der Waals surface area contributed by atoms with Gasteiger partial charge in [-0.05, 0) is 39.7 Å². The van der Waals surface area contributed by atoms with Gasteiger partial charge in [0.05, 0.1) is 12.2 Å². The lowest BCUT2D eigenvalue weighted by Crippen LogP contribution is -2.32. The van der Waals surface area contributed by atoms with E-state index >= 15 is 0 Å². The molecule has 5 nitrogen and oxygen atoms in total. The lowest BCUT2D eigenvalue weighted by molar-refractivity contribution is 0.0522. The second-order valence-corrected chi connectivity index (χ2v) is 5.10. The van der Waals surface area contributed by atoms with Crippen molar-refractivity contribution in [2.75, 3.05) is 0 Å². The van der Waals surface area contributed by atoms with Crippen molar-refractivity contribution >= 4 is 6.09 Å². The molecule has 0 saturated heterocycles. The molecule has 0 bridgehead atoms. The number of amides is 1. The van der Waals surface area contributed by atoms with E-state index in [2.05, 4.69) is 15.3 Å². The fraction of sp³-hybridized carbons (Fsp3) is 0.615. The number of hydrogen-bond acceptors (Lipinski definition) is 4. The number of hydrogen-bond donors (Lipinski definition) is 1. The number of nitrogens with zero attached hydrogens (tertiary/aromatic N) is 2. The Morgan fingerprint density at radius 3 is 2.67 bits per heavy atom. The molecule has 1 N–H and O–H groups in total. The highest BCUT2D eigenvalue weighted by atomic mass is 16.6. The first-order chi connectivity index (χ1) is 8.31. The van der Waals surface area contributed by atoms with Crippen molar-refractivity contribution in [3.63, 3.8) is 0 Å². The predicted molar refractivity (Wildman–Crippen MR) is 69.2 cm³/mol. The van der Waals surface area contributed by atoms with E-state index in [-0.39, 0.29) is 0 Å². The van der Waals surface area contributed by atoms with Gasteiger partial charge in [-0.2, -0.15) is 0 Å². The van der Waals surface area contributed by atoms with E-state index in [1.165, 1.54) is 0 Å². The maximum Gasteiger partial charge on any atom is 0.407 e. The Balaban J connectivity index is 2.63. The molecule has 1 aromatic rings. The maximum absolute atomic E-state index is 11.5. The van der Waals surface area contributed by atoms with Crippen molar-refractivity contribution in [2.45, 2.75) is 53.2 Å². The Morgan fingerprint density at radius 2 is 2.11 bits per heavy atom. The van der Waals surface area contributed by atoms with Crippen LogP contribution in [-0.4, -0.2) is 21.7 Å². The van der Waals surface area contributed by atoms with E-state index in [9.17, 15) is 4.79 Å². The highest BCUT2D eigenvalue weighted by Gasteiger charge is 2.16. The number of rotatable bonds is 3. The minimum atomic E-state index is -0.487. The highest BCUT2D eigenvalue weighted by Crippen LogP contribution is 2.08. The third-order valence-corrected chi connectivity index (χ3v) is 2.25. The molecule has 0 spiro atoms. The maximum atomic E-state index is 11.5. The molecule has 0 aliphatic carbocycles. The Morgan fingerprint density at radius 1 is 1.44 bits per heavy atom. The zero-order chi connectivity index (χ0) is 13.8. The SMILES string of the molecule is CCc1cnc(C)nc1CNC(=O)OC(C)(C)C. The van der Waals surface area contributed by atoms with E-state index in [0.29, 0.717) is 12.4 Å². The summed E-state index contributed by atoms with van der Waals surface area (Å²) < 4.78 is 5.17. The molecule has 0 radical (unpaired) electrons. The predicted octanol–water partition coefficient (Wildman–Crippen LogP) is 2.37. The summed E-state index contributed by atoms with van der Waals surface area (Å²) >= 11 is 0. The normalized spacial score (nSPS) is 11.2. The van der Waals surface area contributed by atoms with E-state index in [0.717, 1.165) is 17.7 Å². The van der Waals surface area contributed by atoms with Gasteiger partial charge in [-0.25, -0.2) is 14.8 Å². The first-order valence-corrected chi connectivity index (χ1v) is 6.10. The molecular formula is C13H21N3O2. The summed E-state index contributed by atoms with van der Waals surface area (Å²) in [6.07, 6.45) is 2.21. The van der Waals surface area contributed by atoms with E-state index < -0.39 is 11.7 Å². The van der Waals surface area contributed by atoms with Gasteiger partial charge in [0, 0.05) is 6.20 Å². The van der Waals surface area contributed by atoms with Crippen LogP contribution in [0.15, 0.2) is 6.20 Å². The Bertz CT molecular complexity index is 425. The first-order valence-electron chi connectivity index (χ1n) is 6.10. The van der Waals surface area contributed by atoms with E-state index in [4.69, 9.17) is 4.74 Å². The zero-order valence-corrected chi connectivity index (χ0v) is 11.7. The van der Waals surface area contributed by atoms with Crippen LogP contribution in [0.25, 0.3) is 0 Å². The van der Waals surface area contributed by atoms with Gasteiger partial charge in [0.1, 0.15) is 11.4 Å². The zero-order valence-electron chi connectivity index (χ0n) is 11.7. The molecule has 5 heteroatoms. The minimum absolute atomic E-state index is 0.363. The number of carbonyl (C=O) groups is 1. The van der Waals surface area contributed by atoms with Crippen molar-refractivity contribution in [3.05, 3.63) is 23.3 Å². The summed E-state index contributed by atoms with van der Waals surface area (Å²) in [5.41, 5.74) is 1.40. The van der Waals surface area contributed by atoms with Gasteiger partial charge in [0.15, 0.2) is 0 Å². The molecule has 0 atom stereocenters. The van der Waals surface area contributed by atoms with Crippen molar-refractivity contribution in [2.24, 2.45) is 0 Å². The molecule has 1 rings (SSSR count). The Hall–Kier alpha value is -1.65. The van der Waals surface area contributed by atoms with Gasteiger partial charge in [-0.1, -0.05) is 6.92 Å². The van der Waals surface area contributed by atoms with Crippen LogP contribution < -0.4 is 5.32 Å². The third kappa shape index (κ3) is 4.69. The van der Waals surface area contributed by atoms with E-state index in [1.807, 2.05) is 34.6 Å². The van der Waals surface area contributed by atoms with Crippen molar-refractivity contribution in [1.82, 2.24) is 15.3 Å². The standard InChI is InChI=1S/C13H21N3O2/c1-6-10-7-14-9(2)16-11(10)8-15-12(17)18-13(3,4)5/h7H,6,8H2,1-5H3,(H,15,17). The number of alkyl carbamates (subject to hydrolysis) is 1. The van der Waals surface area contributed by atoms with Crippen LogP contribution in [0.5, 0.6) is 0 Å². The van der Waals surface area contributed by atoms with Crippen LogP contribution in [0.4, 0.5) is 4.79 Å². The van der Waals surface area contributed by atoms with Crippen LogP contribution in [0.3, 0.4) is 0 Å². The molecule has 1 aromatic heterocycles. The van der Waals surface area contributed by atoms with Crippen molar-refractivity contribution in [1.29, 1.82) is 0 Å². The van der Waals surface area contributed by atoms with Gasteiger partial charge in [0.2, 0.25) is 0 Å². The Kier molecular flexibility index (Phi) is 4.64. The van der Waals surface area contributed by atoms with Crippen LogP contribution in [0.1, 0.15) is 44.8 Å². The number of carbonyl (C=O) groups excluding carboxylic acids is 1. The third-order valence-electron chi connectivity index (χ3n) is 2.25. The lowest BCUT2D eigenvalue weighted by atomic mass is 10.2. The summed E-state index contributed by atoms with van der Waals surface area (Å²) in [6, 6.07) is 0. The number of nitrogens with one attached hydrogen (secondary N) is 1. The molecule has 0 unspecified atom stereocenters. The van der Waals surface area contributed by atoms with Gasteiger partial charge in [-0.3, -0.25) is 0 Å². The minimum Gasteiger partial charge on any atom is -0.444 e. The molecule has 0 aliphatic rings. The topological polar surface area (TPSA) is 64.1 Å². The number of aryl methyl sites for hydroxylation is 2. The summed E-state index contributed by atoms with van der Waals surface area (Å²) in [5, 5.41) is 2.71. The summed E-state index contributed by atoms with van der Waals surface area (Å²) in [7, 11) is 0. The quantitative estimate of drug-likeness (QED) is 0.895. The summed E-state index contributed by atoms with van der Waals surface area (Å²) in [4.78, 5) is 20.0. The monoisotopic (exact) mass is 251 g/mol. The number of ether oxygens (including phenoxy) is 1. The molecule has 1 amide bonds. The lowest BCUT2D eigenvalue weighted by Gasteiger charge is -2.19. The van der Waals surface area contributed by atoms with Crippen LogP contribution in [0, 0.1) is 6.92 Å². The molecule has 100 valence electrons.